The van der Waals surface area contributed by atoms with E-state index in [-0.39, 0.29) is 0 Å². The Hall–Kier alpha value is -0.900. The van der Waals surface area contributed by atoms with Gasteiger partial charge in [0.25, 0.3) is 0 Å². The highest BCUT2D eigenvalue weighted by molar-refractivity contribution is 4.96. The molecule has 0 aromatic carbocycles. The molecule has 4 heteroatoms. The van der Waals surface area contributed by atoms with Crippen LogP contribution in [-0.4, -0.2) is 20.1 Å². The monoisotopic (exact) mass is 195 g/mol. The van der Waals surface area contributed by atoms with Crippen molar-refractivity contribution in [3.05, 3.63) is 11.9 Å². The number of aliphatic hydroxyl groups is 1. The third-order valence-corrected chi connectivity index (χ3v) is 2.75. The van der Waals surface area contributed by atoms with Crippen LogP contribution in [0.1, 0.15) is 44.4 Å². The van der Waals surface area contributed by atoms with Crippen molar-refractivity contribution in [2.45, 2.75) is 45.3 Å². The van der Waals surface area contributed by atoms with Crippen molar-refractivity contribution in [2.24, 2.45) is 5.92 Å². The van der Waals surface area contributed by atoms with Crippen LogP contribution in [0.5, 0.6) is 0 Å². The number of aliphatic hydroxyl groups excluding tert-OH is 1. The zero-order valence-electron chi connectivity index (χ0n) is 8.56. The van der Waals surface area contributed by atoms with Gasteiger partial charge in [0, 0.05) is 6.54 Å². The highest BCUT2D eigenvalue weighted by Crippen LogP contribution is 2.32. The zero-order chi connectivity index (χ0) is 9.97. The Morgan fingerprint density at radius 3 is 3.07 bits per heavy atom. The van der Waals surface area contributed by atoms with Crippen molar-refractivity contribution < 1.29 is 5.11 Å². The van der Waals surface area contributed by atoms with Crippen molar-refractivity contribution in [3.63, 3.8) is 0 Å². The number of hydrogen-bond acceptors (Lipinski definition) is 3. The van der Waals surface area contributed by atoms with E-state index in [2.05, 4.69) is 10.3 Å². The van der Waals surface area contributed by atoms with E-state index in [4.69, 9.17) is 0 Å². The molecule has 1 N–H and O–H groups in total. The maximum atomic E-state index is 9.52. The molecule has 1 atom stereocenters. The molecule has 78 valence electrons. The summed E-state index contributed by atoms with van der Waals surface area (Å²) in [6, 6.07) is 0. The number of aromatic nitrogens is 3. The topological polar surface area (TPSA) is 50.9 Å². The molecule has 1 aromatic rings. The van der Waals surface area contributed by atoms with E-state index in [1.54, 1.807) is 0 Å². The number of hydrogen-bond donors (Lipinski definition) is 1. The van der Waals surface area contributed by atoms with Crippen molar-refractivity contribution in [1.82, 2.24) is 15.0 Å². The van der Waals surface area contributed by atoms with Gasteiger partial charge in [0.1, 0.15) is 5.69 Å². The van der Waals surface area contributed by atoms with Gasteiger partial charge in [-0.15, -0.1) is 5.10 Å². The van der Waals surface area contributed by atoms with Gasteiger partial charge in [-0.3, -0.25) is 4.68 Å². The van der Waals surface area contributed by atoms with Crippen LogP contribution in [0.4, 0.5) is 0 Å². The van der Waals surface area contributed by atoms with E-state index in [9.17, 15) is 5.11 Å². The summed E-state index contributed by atoms with van der Waals surface area (Å²) in [5.74, 6) is 0.916. The first-order valence-corrected chi connectivity index (χ1v) is 5.37. The van der Waals surface area contributed by atoms with Crippen LogP contribution in [0.3, 0.4) is 0 Å². The molecular formula is C10H17N3O. The lowest BCUT2D eigenvalue weighted by molar-refractivity contribution is 0.168. The Bertz CT molecular complexity index is 293. The minimum atomic E-state index is -0.454. The molecule has 0 spiro atoms. The van der Waals surface area contributed by atoms with E-state index in [1.807, 2.05) is 17.8 Å². The summed E-state index contributed by atoms with van der Waals surface area (Å²) in [7, 11) is 0. The van der Waals surface area contributed by atoms with Gasteiger partial charge in [-0.2, -0.15) is 0 Å². The fourth-order valence-corrected chi connectivity index (χ4v) is 1.51. The van der Waals surface area contributed by atoms with Gasteiger partial charge in [0.15, 0.2) is 0 Å². The molecule has 0 saturated heterocycles. The second-order valence-electron chi connectivity index (χ2n) is 4.06. The molecule has 1 fully saturated rings. The number of aryl methyl sites for hydroxylation is 1. The lowest BCUT2D eigenvalue weighted by Gasteiger charge is -2.00. The van der Waals surface area contributed by atoms with Gasteiger partial charge < -0.3 is 5.11 Å². The van der Waals surface area contributed by atoms with E-state index in [0.717, 1.165) is 12.5 Å². The molecule has 1 heterocycles. The van der Waals surface area contributed by atoms with Crippen LogP contribution in [0.15, 0.2) is 6.20 Å². The second-order valence-corrected chi connectivity index (χ2v) is 4.06. The van der Waals surface area contributed by atoms with Crippen LogP contribution < -0.4 is 0 Å². The Morgan fingerprint density at radius 2 is 2.43 bits per heavy atom. The molecule has 0 aliphatic heterocycles. The van der Waals surface area contributed by atoms with Crippen molar-refractivity contribution in [1.29, 1.82) is 0 Å². The molecule has 1 aliphatic rings. The summed E-state index contributed by atoms with van der Waals surface area (Å²) in [4.78, 5) is 0. The van der Waals surface area contributed by atoms with Gasteiger partial charge in [0.2, 0.25) is 0 Å². The predicted molar refractivity (Wildman–Crippen MR) is 52.6 cm³/mol. The summed E-state index contributed by atoms with van der Waals surface area (Å²) in [6.07, 6.45) is 6.05. The standard InChI is InChI=1S/C10H17N3O/c1-2-10(14)9-7-13(12-11-9)6-5-8-3-4-8/h7-8,10,14H,2-6H2,1H3. The number of rotatable bonds is 5. The lowest BCUT2D eigenvalue weighted by Crippen LogP contribution is -1.99. The molecule has 1 aliphatic carbocycles. The average Bonchev–Trinajstić information content (AvgIpc) is 2.92. The Labute approximate surface area is 83.9 Å². The summed E-state index contributed by atoms with van der Waals surface area (Å²) in [5, 5.41) is 17.5. The first-order chi connectivity index (χ1) is 6.79. The summed E-state index contributed by atoms with van der Waals surface area (Å²) in [5.41, 5.74) is 0.697. The van der Waals surface area contributed by atoms with Crippen molar-refractivity contribution >= 4 is 0 Å². The largest absolute Gasteiger partial charge is 0.387 e. The first kappa shape index (κ1) is 9.65. The molecule has 0 bridgehead atoms. The Kier molecular flexibility index (Phi) is 2.82. The van der Waals surface area contributed by atoms with E-state index in [1.165, 1.54) is 19.3 Å². The van der Waals surface area contributed by atoms with Crippen LogP contribution in [0.2, 0.25) is 0 Å². The van der Waals surface area contributed by atoms with Crippen LogP contribution >= 0.6 is 0 Å². The molecule has 2 rings (SSSR count). The third-order valence-electron chi connectivity index (χ3n) is 2.75. The van der Waals surface area contributed by atoms with Crippen molar-refractivity contribution in [2.75, 3.05) is 0 Å². The average molecular weight is 195 g/mol. The molecule has 1 unspecified atom stereocenters. The fraction of sp³-hybridized carbons (Fsp3) is 0.800. The van der Waals surface area contributed by atoms with Crippen molar-refractivity contribution in [3.8, 4) is 0 Å². The number of nitrogens with zero attached hydrogens (tertiary/aromatic N) is 3. The van der Waals surface area contributed by atoms with Crippen LogP contribution in [0, 0.1) is 5.92 Å². The molecule has 0 amide bonds. The summed E-state index contributed by atoms with van der Waals surface area (Å²) < 4.78 is 1.84. The third kappa shape index (κ3) is 2.32. The van der Waals surface area contributed by atoms with Crippen LogP contribution in [-0.2, 0) is 6.54 Å². The van der Waals surface area contributed by atoms with E-state index < -0.39 is 6.10 Å². The molecule has 1 aromatic heterocycles. The smallest absolute Gasteiger partial charge is 0.111 e. The predicted octanol–water partition coefficient (Wildman–Crippen LogP) is 1.52. The van der Waals surface area contributed by atoms with E-state index in [0.29, 0.717) is 12.1 Å². The summed E-state index contributed by atoms with van der Waals surface area (Å²) >= 11 is 0. The van der Waals surface area contributed by atoms with Gasteiger partial charge >= 0.3 is 0 Å². The van der Waals surface area contributed by atoms with E-state index >= 15 is 0 Å². The zero-order valence-corrected chi connectivity index (χ0v) is 8.56. The minimum Gasteiger partial charge on any atom is -0.387 e. The molecular weight excluding hydrogens is 178 g/mol. The van der Waals surface area contributed by atoms with Gasteiger partial charge in [-0.25, -0.2) is 0 Å². The quantitative estimate of drug-likeness (QED) is 0.775. The molecule has 1 saturated carbocycles. The SMILES string of the molecule is CCC(O)c1cn(CCC2CC2)nn1. The maximum absolute atomic E-state index is 9.52. The minimum absolute atomic E-state index is 0.454. The Morgan fingerprint density at radius 1 is 1.64 bits per heavy atom. The van der Waals surface area contributed by atoms with Gasteiger partial charge in [-0.1, -0.05) is 25.0 Å². The molecule has 0 radical (unpaired) electrons. The lowest BCUT2D eigenvalue weighted by atomic mass is 10.2. The molecule has 4 nitrogen and oxygen atoms in total. The Balaban J connectivity index is 1.87. The first-order valence-electron chi connectivity index (χ1n) is 5.37. The van der Waals surface area contributed by atoms with Gasteiger partial charge in [0.05, 0.1) is 12.3 Å². The summed E-state index contributed by atoms with van der Waals surface area (Å²) in [6.45, 7) is 2.88. The van der Waals surface area contributed by atoms with Gasteiger partial charge in [-0.05, 0) is 18.8 Å². The highest BCUT2D eigenvalue weighted by atomic mass is 16.3. The second kappa shape index (κ2) is 4.09. The fourth-order valence-electron chi connectivity index (χ4n) is 1.51. The maximum Gasteiger partial charge on any atom is 0.111 e. The van der Waals surface area contributed by atoms with Crippen LogP contribution in [0.25, 0.3) is 0 Å². The highest BCUT2D eigenvalue weighted by Gasteiger charge is 2.21. The normalized spacial score (nSPS) is 18.4. The molecule has 14 heavy (non-hydrogen) atoms.